The Morgan fingerprint density at radius 1 is 1.41 bits per heavy atom. The lowest BCUT2D eigenvalue weighted by Gasteiger charge is -2.07. The second kappa shape index (κ2) is 4.55. The van der Waals surface area contributed by atoms with Crippen molar-refractivity contribution in [1.29, 1.82) is 0 Å². The normalized spacial score (nSPS) is 10.6. The fourth-order valence-corrected chi connectivity index (χ4v) is 3.07. The molecule has 0 aliphatic heterocycles. The fraction of sp³-hybridized carbons (Fsp3) is 0.250. The molecule has 0 spiro atoms. The Bertz CT molecular complexity index is 577. The lowest BCUT2D eigenvalue weighted by atomic mass is 10.2. The molecule has 5 heteroatoms. The van der Waals surface area contributed by atoms with Gasteiger partial charge in [-0.05, 0) is 18.2 Å². The number of hydrogen-bond acceptors (Lipinski definition) is 3. The summed E-state index contributed by atoms with van der Waals surface area (Å²) in [7, 11) is 5.04. The fourth-order valence-electron chi connectivity index (χ4n) is 1.51. The van der Waals surface area contributed by atoms with E-state index >= 15 is 0 Å². The molecule has 0 unspecified atom stereocenters. The molecule has 1 heterocycles. The second-order valence-electron chi connectivity index (χ2n) is 3.81. The third-order valence-electron chi connectivity index (χ3n) is 2.44. The number of carbonyl (C=O) groups excluding carboxylic acids is 1. The molecular weight excluding hydrogens is 258 g/mol. The van der Waals surface area contributed by atoms with Crippen molar-refractivity contribution in [3.05, 3.63) is 28.1 Å². The van der Waals surface area contributed by atoms with E-state index < -0.39 is 0 Å². The first-order chi connectivity index (χ1) is 8.04. The average Bonchev–Trinajstić information content (AvgIpc) is 2.65. The Hall–Kier alpha value is -1.26. The number of carbonyl (C=O) groups is 1. The summed E-state index contributed by atoms with van der Waals surface area (Å²) in [6, 6.07) is 5.60. The number of nitrogens with zero attached hydrogens (tertiary/aromatic N) is 1. The van der Waals surface area contributed by atoms with Gasteiger partial charge in [0.1, 0.15) is 10.6 Å². The van der Waals surface area contributed by atoms with Gasteiger partial charge in [0.25, 0.3) is 5.91 Å². The lowest BCUT2D eigenvalue weighted by molar-refractivity contribution is 0.0832. The average molecular weight is 270 g/mol. The third-order valence-corrected chi connectivity index (χ3v) is 4.08. The summed E-state index contributed by atoms with van der Waals surface area (Å²) in [5.74, 6) is 0.689. The van der Waals surface area contributed by atoms with E-state index in [2.05, 4.69) is 0 Å². The van der Waals surface area contributed by atoms with Gasteiger partial charge in [-0.3, -0.25) is 4.79 Å². The van der Waals surface area contributed by atoms with Gasteiger partial charge in [0.2, 0.25) is 0 Å². The van der Waals surface area contributed by atoms with Gasteiger partial charge in [-0.1, -0.05) is 11.6 Å². The number of thiophene rings is 1. The maximum absolute atomic E-state index is 11.9. The molecule has 0 aliphatic carbocycles. The Kier molecular flexibility index (Phi) is 3.26. The van der Waals surface area contributed by atoms with E-state index in [1.165, 1.54) is 16.2 Å². The van der Waals surface area contributed by atoms with Crippen LogP contribution in [0.15, 0.2) is 18.2 Å². The van der Waals surface area contributed by atoms with Crippen LogP contribution in [0.5, 0.6) is 5.75 Å². The van der Waals surface area contributed by atoms with Gasteiger partial charge < -0.3 is 9.64 Å². The van der Waals surface area contributed by atoms with Crippen molar-refractivity contribution in [3.8, 4) is 5.75 Å². The van der Waals surface area contributed by atoms with E-state index in [1.54, 1.807) is 21.2 Å². The molecule has 2 rings (SSSR count). The number of ether oxygens (including phenoxy) is 1. The molecule has 1 aromatic carbocycles. The van der Waals surface area contributed by atoms with Crippen LogP contribution >= 0.6 is 22.9 Å². The predicted molar refractivity (Wildman–Crippen MR) is 71.4 cm³/mol. The van der Waals surface area contributed by atoms with Crippen molar-refractivity contribution in [2.75, 3.05) is 21.2 Å². The monoisotopic (exact) mass is 269 g/mol. The number of benzene rings is 1. The quantitative estimate of drug-likeness (QED) is 0.837. The first kappa shape index (κ1) is 12.2. The van der Waals surface area contributed by atoms with Crippen LogP contribution < -0.4 is 4.74 Å². The second-order valence-corrected chi connectivity index (χ2v) is 5.24. The summed E-state index contributed by atoms with van der Waals surface area (Å²) in [5.41, 5.74) is 0. The Morgan fingerprint density at radius 2 is 2.12 bits per heavy atom. The van der Waals surface area contributed by atoms with Crippen LogP contribution in [0.1, 0.15) is 9.67 Å². The molecule has 0 radical (unpaired) electrons. The van der Waals surface area contributed by atoms with Crippen molar-refractivity contribution in [2.24, 2.45) is 0 Å². The van der Waals surface area contributed by atoms with Gasteiger partial charge >= 0.3 is 0 Å². The molecule has 0 fully saturated rings. The molecule has 0 aliphatic rings. The number of amides is 1. The van der Waals surface area contributed by atoms with E-state index in [-0.39, 0.29) is 5.91 Å². The highest BCUT2D eigenvalue weighted by atomic mass is 35.5. The number of methoxy groups -OCH3 is 1. The first-order valence-electron chi connectivity index (χ1n) is 5.02. The first-order valence-corrected chi connectivity index (χ1v) is 6.21. The van der Waals surface area contributed by atoms with E-state index in [9.17, 15) is 4.79 Å². The minimum atomic E-state index is -0.0739. The summed E-state index contributed by atoms with van der Waals surface area (Å²) in [6.07, 6.45) is 0. The summed E-state index contributed by atoms with van der Waals surface area (Å²) in [4.78, 5) is 14.0. The van der Waals surface area contributed by atoms with Crippen molar-refractivity contribution in [2.45, 2.75) is 0 Å². The van der Waals surface area contributed by atoms with E-state index in [4.69, 9.17) is 16.3 Å². The van der Waals surface area contributed by atoms with Crippen LogP contribution in [0, 0.1) is 0 Å². The summed E-state index contributed by atoms with van der Waals surface area (Å²) < 4.78 is 6.11. The topological polar surface area (TPSA) is 29.5 Å². The molecule has 17 heavy (non-hydrogen) atoms. The van der Waals surface area contributed by atoms with Crippen molar-refractivity contribution >= 4 is 38.9 Å². The van der Waals surface area contributed by atoms with Crippen LogP contribution in [0.2, 0.25) is 5.02 Å². The number of fused-ring (bicyclic) bond motifs is 1. The van der Waals surface area contributed by atoms with E-state index in [0.717, 1.165) is 15.8 Å². The van der Waals surface area contributed by atoms with Crippen LogP contribution in [-0.4, -0.2) is 32.0 Å². The van der Waals surface area contributed by atoms with Gasteiger partial charge in [-0.25, -0.2) is 0 Å². The molecule has 0 saturated carbocycles. The minimum Gasteiger partial charge on any atom is -0.497 e. The summed E-state index contributed by atoms with van der Waals surface area (Å²) >= 11 is 7.60. The summed E-state index contributed by atoms with van der Waals surface area (Å²) in [6.45, 7) is 0. The van der Waals surface area contributed by atoms with Crippen LogP contribution in [-0.2, 0) is 0 Å². The largest absolute Gasteiger partial charge is 0.497 e. The van der Waals surface area contributed by atoms with E-state index in [1.807, 2.05) is 18.2 Å². The predicted octanol–water partition coefficient (Wildman–Crippen LogP) is 3.27. The van der Waals surface area contributed by atoms with E-state index in [0.29, 0.717) is 9.90 Å². The molecule has 1 amide bonds. The van der Waals surface area contributed by atoms with Crippen molar-refractivity contribution in [3.63, 3.8) is 0 Å². The Labute approximate surface area is 109 Å². The van der Waals surface area contributed by atoms with Crippen LogP contribution in [0.3, 0.4) is 0 Å². The molecule has 0 atom stereocenters. The number of rotatable bonds is 2. The van der Waals surface area contributed by atoms with Gasteiger partial charge in [-0.2, -0.15) is 0 Å². The molecule has 2 aromatic rings. The zero-order chi connectivity index (χ0) is 12.6. The lowest BCUT2D eigenvalue weighted by Crippen LogP contribution is -2.20. The van der Waals surface area contributed by atoms with Gasteiger partial charge in [0.15, 0.2) is 0 Å². The standard InChI is InChI=1S/C12H12ClNO2S/c1-14(2)12(15)11-10(13)8-5-4-7(16-3)6-9(8)17-11/h4-6H,1-3H3. The molecular formula is C12H12ClNO2S. The molecule has 0 N–H and O–H groups in total. The zero-order valence-corrected chi connectivity index (χ0v) is 11.4. The smallest absolute Gasteiger partial charge is 0.264 e. The maximum Gasteiger partial charge on any atom is 0.264 e. The highest BCUT2D eigenvalue weighted by Crippen LogP contribution is 2.37. The SMILES string of the molecule is COc1ccc2c(Cl)c(C(=O)N(C)C)sc2c1. The molecule has 3 nitrogen and oxygen atoms in total. The van der Waals surface area contributed by atoms with Crippen LogP contribution in [0.25, 0.3) is 10.1 Å². The number of hydrogen-bond donors (Lipinski definition) is 0. The Morgan fingerprint density at radius 3 is 2.71 bits per heavy atom. The van der Waals surface area contributed by atoms with Gasteiger partial charge in [0, 0.05) is 24.2 Å². The van der Waals surface area contributed by atoms with Crippen LogP contribution in [0.4, 0.5) is 0 Å². The maximum atomic E-state index is 11.9. The molecule has 90 valence electrons. The van der Waals surface area contributed by atoms with Gasteiger partial charge in [0.05, 0.1) is 12.1 Å². The Balaban J connectivity index is 2.60. The molecule has 0 bridgehead atoms. The molecule has 0 saturated heterocycles. The van der Waals surface area contributed by atoms with Crippen molar-refractivity contribution in [1.82, 2.24) is 4.90 Å². The summed E-state index contributed by atoms with van der Waals surface area (Å²) in [5, 5.41) is 1.41. The molecule has 1 aromatic heterocycles. The zero-order valence-electron chi connectivity index (χ0n) is 9.78. The minimum absolute atomic E-state index is 0.0739. The van der Waals surface area contributed by atoms with Gasteiger partial charge in [-0.15, -0.1) is 11.3 Å². The number of halogens is 1. The highest BCUT2D eigenvalue weighted by Gasteiger charge is 2.18. The van der Waals surface area contributed by atoms with Crippen molar-refractivity contribution < 1.29 is 9.53 Å². The highest BCUT2D eigenvalue weighted by molar-refractivity contribution is 7.21. The third kappa shape index (κ3) is 2.10.